The number of rotatable bonds is 4. The summed E-state index contributed by atoms with van der Waals surface area (Å²) in [5.41, 5.74) is 0.454. The summed E-state index contributed by atoms with van der Waals surface area (Å²) in [4.78, 5) is 24.3. The molecule has 2 aromatic heterocycles. The predicted molar refractivity (Wildman–Crippen MR) is 84.0 cm³/mol. The highest BCUT2D eigenvalue weighted by Crippen LogP contribution is 2.15. The van der Waals surface area contributed by atoms with Gasteiger partial charge in [0.15, 0.2) is 0 Å². The third-order valence-corrected chi connectivity index (χ3v) is 4.15. The van der Waals surface area contributed by atoms with Crippen LogP contribution in [0.2, 0.25) is 0 Å². The van der Waals surface area contributed by atoms with E-state index in [0.717, 1.165) is 10.4 Å². The van der Waals surface area contributed by atoms with Gasteiger partial charge in [-0.15, -0.1) is 21.5 Å². The normalized spacial score (nSPS) is 11.0. The molecule has 112 valence electrons. The van der Waals surface area contributed by atoms with E-state index >= 15 is 0 Å². The minimum Gasteiger partial charge on any atom is -0.299 e. The first kappa shape index (κ1) is 14.5. The smallest absolute Gasteiger partial charge is 0.274 e. The van der Waals surface area contributed by atoms with Gasteiger partial charge in [-0.3, -0.25) is 9.59 Å². The van der Waals surface area contributed by atoms with Crippen LogP contribution in [0.5, 0.6) is 0 Å². The minimum absolute atomic E-state index is 0.00690. The zero-order valence-electron chi connectivity index (χ0n) is 12.2. The Bertz CT molecular complexity index is 913. The molecule has 22 heavy (non-hydrogen) atoms. The van der Waals surface area contributed by atoms with Crippen LogP contribution in [0.1, 0.15) is 15.7 Å². The van der Waals surface area contributed by atoms with Gasteiger partial charge in [-0.05, 0) is 13.0 Å². The highest BCUT2D eigenvalue weighted by atomic mass is 32.1. The number of hydrogen-bond acceptors (Lipinski definition) is 6. The van der Waals surface area contributed by atoms with Crippen molar-refractivity contribution >= 4 is 27.9 Å². The van der Waals surface area contributed by atoms with Crippen LogP contribution in [-0.4, -0.2) is 25.8 Å². The first-order valence-corrected chi connectivity index (χ1v) is 7.62. The fourth-order valence-corrected chi connectivity index (χ4v) is 3.07. The molecule has 0 fully saturated rings. The molecule has 0 bridgehead atoms. The van der Waals surface area contributed by atoms with E-state index < -0.39 is 0 Å². The maximum atomic E-state index is 12.2. The summed E-state index contributed by atoms with van der Waals surface area (Å²) in [6.07, 6.45) is 0.414. The number of nitrogens with zero attached hydrogens (tertiary/aromatic N) is 4. The Balaban J connectivity index is 1.92. The molecule has 0 N–H and O–H groups in total. The summed E-state index contributed by atoms with van der Waals surface area (Å²) < 4.78 is 1.28. The molecule has 0 radical (unpaired) electrons. The fraction of sp³-hybridized carbons (Fsp3) is 0.267. The van der Waals surface area contributed by atoms with Crippen LogP contribution in [0.15, 0.2) is 29.1 Å². The second kappa shape index (κ2) is 5.76. The molecule has 3 rings (SSSR count). The summed E-state index contributed by atoms with van der Waals surface area (Å²) in [5.74, 6) is 0.00690. The average molecular weight is 314 g/mol. The van der Waals surface area contributed by atoms with Gasteiger partial charge in [-0.25, -0.2) is 4.68 Å². The molecule has 0 aliphatic rings. The van der Waals surface area contributed by atoms with Gasteiger partial charge in [0.2, 0.25) is 0 Å². The quantitative estimate of drug-likeness (QED) is 0.728. The van der Waals surface area contributed by atoms with Crippen LogP contribution < -0.4 is 5.56 Å². The van der Waals surface area contributed by atoms with Gasteiger partial charge in [-0.1, -0.05) is 18.2 Å². The van der Waals surface area contributed by atoms with Crippen molar-refractivity contribution in [1.29, 1.82) is 0 Å². The maximum Gasteiger partial charge on any atom is 0.274 e. The Hall–Kier alpha value is -2.41. The van der Waals surface area contributed by atoms with E-state index in [2.05, 4.69) is 15.3 Å². The summed E-state index contributed by atoms with van der Waals surface area (Å²) >= 11 is 1.42. The number of carbonyl (C=O) groups is 1. The van der Waals surface area contributed by atoms with Gasteiger partial charge in [0.05, 0.1) is 23.9 Å². The third kappa shape index (κ3) is 2.80. The van der Waals surface area contributed by atoms with Crippen molar-refractivity contribution in [3.63, 3.8) is 0 Å². The zero-order chi connectivity index (χ0) is 15.7. The maximum absolute atomic E-state index is 12.2. The SMILES string of the molecule is Cc1nnc(CC(=O)Cc2nn(C)c(=O)c3ccccc23)s1. The van der Waals surface area contributed by atoms with Crippen LogP contribution in [0.3, 0.4) is 0 Å². The molecule has 3 aromatic rings. The number of fused-ring (bicyclic) bond motifs is 1. The van der Waals surface area contributed by atoms with Crippen molar-refractivity contribution in [3.05, 3.63) is 50.3 Å². The Kier molecular flexibility index (Phi) is 3.81. The first-order chi connectivity index (χ1) is 10.5. The van der Waals surface area contributed by atoms with Gasteiger partial charge in [0.1, 0.15) is 15.8 Å². The summed E-state index contributed by atoms with van der Waals surface area (Å²) in [6.45, 7) is 1.85. The summed E-state index contributed by atoms with van der Waals surface area (Å²) in [5, 5.41) is 15.0. The molecular weight excluding hydrogens is 300 g/mol. The molecule has 0 atom stereocenters. The summed E-state index contributed by atoms with van der Waals surface area (Å²) in [7, 11) is 1.59. The lowest BCUT2D eigenvalue weighted by Crippen LogP contribution is -2.22. The Morgan fingerprint density at radius 2 is 1.91 bits per heavy atom. The number of Topliss-reactive ketones (excluding diaryl/α,β-unsaturated/α-hetero) is 1. The van der Waals surface area contributed by atoms with E-state index in [1.54, 1.807) is 19.2 Å². The van der Waals surface area contributed by atoms with Crippen molar-refractivity contribution in [2.24, 2.45) is 7.05 Å². The molecule has 0 aliphatic heterocycles. The van der Waals surface area contributed by atoms with Crippen molar-refractivity contribution < 1.29 is 4.79 Å². The topological polar surface area (TPSA) is 77.7 Å². The molecule has 0 spiro atoms. The van der Waals surface area contributed by atoms with Crippen molar-refractivity contribution in [2.45, 2.75) is 19.8 Å². The van der Waals surface area contributed by atoms with Gasteiger partial charge in [-0.2, -0.15) is 5.10 Å². The lowest BCUT2D eigenvalue weighted by atomic mass is 10.1. The molecule has 6 nitrogen and oxygen atoms in total. The van der Waals surface area contributed by atoms with Crippen LogP contribution >= 0.6 is 11.3 Å². The Morgan fingerprint density at radius 1 is 1.18 bits per heavy atom. The van der Waals surface area contributed by atoms with Crippen LogP contribution in [0.25, 0.3) is 10.8 Å². The Morgan fingerprint density at radius 3 is 2.59 bits per heavy atom. The lowest BCUT2D eigenvalue weighted by molar-refractivity contribution is -0.117. The summed E-state index contributed by atoms with van der Waals surface area (Å²) in [6, 6.07) is 7.22. The highest BCUT2D eigenvalue weighted by molar-refractivity contribution is 7.11. The van der Waals surface area contributed by atoms with Gasteiger partial charge >= 0.3 is 0 Å². The van der Waals surface area contributed by atoms with E-state index in [9.17, 15) is 9.59 Å². The Labute approximate surface area is 130 Å². The fourth-order valence-electron chi connectivity index (χ4n) is 2.33. The molecule has 0 amide bonds. The molecule has 0 saturated heterocycles. The number of ketones is 1. The van der Waals surface area contributed by atoms with Gasteiger partial charge in [0, 0.05) is 12.4 Å². The first-order valence-electron chi connectivity index (χ1n) is 6.80. The van der Waals surface area contributed by atoms with Crippen LogP contribution in [-0.2, 0) is 24.7 Å². The van der Waals surface area contributed by atoms with E-state index in [4.69, 9.17) is 0 Å². The molecule has 7 heteroatoms. The number of aryl methyl sites for hydroxylation is 2. The molecule has 1 aromatic carbocycles. The van der Waals surface area contributed by atoms with Crippen molar-refractivity contribution in [3.8, 4) is 0 Å². The third-order valence-electron chi connectivity index (χ3n) is 3.31. The monoisotopic (exact) mass is 314 g/mol. The molecule has 0 unspecified atom stereocenters. The van der Waals surface area contributed by atoms with Crippen molar-refractivity contribution in [1.82, 2.24) is 20.0 Å². The van der Waals surface area contributed by atoms with Crippen LogP contribution in [0.4, 0.5) is 0 Å². The average Bonchev–Trinajstić information content (AvgIpc) is 2.89. The molecule has 0 saturated carbocycles. The van der Waals surface area contributed by atoms with E-state index in [-0.39, 0.29) is 24.2 Å². The van der Waals surface area contributed by atoms with Crippen molar-refractivity contribution in [2.75, 3.05) is 0 Å². The standard InChI is InChI=1S/C15H14N4O2S/c1-9-16-17-14(22-9)8-10(20)7-13-11-5-3-4-6-12(11)15(21)19(2)18-13/h3-6H,7-8H2,1-2H3. The molecule has 2 heterocycles. The minimum atomic E-state index is -0.161. The second-order valence-corrected chi connectivity index (χ2v) is 6.29. The van der Waals surface area contributed by atoms with Crippen LogP contribution in [0, 0.1) is 6.92 Å². The van der Waals surface area contributed by atoms with E-state index in [1.165, 1.54) is 16.0 Å². The highest BCUT2D eigenvalue weighted by Gasteiger charge is 2.14. The second-order valence-electron chi connectivity index (χ2n) is 5.03. The molecular formula is C15H14N4O2S. The number of aromatic nitrogens is 4. The van der Waals surface area contributed by atoms with E-state index in [0.29, 0.717) is 16.1 Å². The number of benzene rings is 1. The van der Waals surface area contributed by atoms with Gasteiger partial charge < -0.3 is 0 Å². The lowest BCUT2D eigenvalue weighted by Gasteiger charge is -2.07. The molecule has 0 aliphatic carbocycles. The zero-order valence-corrected chi connectivity index (χ0v) is 13.1. The van der Waals surface area contributed by atoms with Gasteiger partial charge in [0.25, 0.3) is 5.56 Å². The van der Waals surface area contributed by atoms with E-state index in [1.807, 2.05) is 19.1 Å². The number of carbonyl (C=O) groups excluding carboxylic acids is 1. The predicted octanol–water partition coefficient (Wildman–Crippen LogP) is 1.45. The largest absolute Gasteiger partial charge is 0.299 e. The number of hydrogen-bond donors (Lipinski definition) is 0.